The summed E-state index contributed by atoms with van der Waals surface area (Å²) in [5, 5.41) is 3.29. The lowest BCUT2D eigenvalue weighted by Gasteiger charge is -2.44. The Balaban J connectivity index is 1.35. The van der Waals surface area contributed by atoms with Gasteiger partial charge < -0.3 is 15.0 Å². The molecule has 1 saturated heterocycles. The average molecular weight is 462 g/mol. The highest BCUT2D eigenvalue weighted by molar-refractivity contribution is 5.76. The van der Waals surface area contributed by atoms with Gasteiger partial charge in [-0.05, 0) is 74.0 Å². The van der Waals surface area contributed by atoms with E-state index >= 15 is 0 Å². The molecule has 2 atom stereocenters. The molecule has 3 aliphatic rings. The number of piperidine rings is 1. The Labute approximate surface area is 204 Å². The largest absolute Gasteiger partial charge is 0.375 e. The molecule has 1 amide bonds. The fourth-order valence-electron chi connectivity index (χ4n) is 6.58. The van der Waals surface area contributed by atoms with Crippen molar-refractivity contribution < 1.29 is 9.53 Å². The number of anilines is 1. The van der Waals surface area contributed by atoms with Gasteiger partial charge in [0.25, 0.3) is 0 Å². The number of aryl methyl sites for hydroxylation is 1. The number of nitrogens with zero attached hydrogens (tertiary/aromatic N) is 2. The van der Waals surface area contributed by atoms with Crippen LogP contribution in [0.15, 0.2) is 42.5 Å². The number of nitrogens with one attached hydrogen (secondary N) is 1. The Morgan fingerprint density at radius 3 is 2.68 bits per heavy atom. The molecule has 2 heterocycles. The molecular formula is C29H39N3O2. The summed E-state index contributed by atoms with van der Waals surface area (Å²) in [6.07, 6.45) is 5.03. The summed E-state index contributed by atoms with van der Waals surface area (Å²) in [5.74, 6) is 0.0945. The molecule has 5 nitrogen and oxygen atoms in total. The van der Waals surface area contributed by atoms with Crippen molar-refractivity contribution in [3.8, 4) is 0 Å². The van der Waals surface area contributed by atoms with Crippen LogP contribution in [-0.2, 0) is 27.9 Å². The second kappa shape index (κ2) is 9.71. The summed E-state index contributed by atoms with van der Waals surface area (Å²) >= 11 is 0. The minimum Gasteiger partial charge on any atom is -0.375 e. The molecule has 1 fully saturated rings. The summed E-state index contributed by atoms with van der Waals surface area (Å²) in [4.78, 5) is 17.4. The van der Waals surface area contributed by atoms with Crippen LogP contribution >= 0.6 is 0 Å². The Morgan fingerprint density at radius 1 is 1.12 bits per heavy atom. The molecule has 5 rings (SSSR count). The summed E-state index contributed by atoms with van der Waals surface area (Å²) in [5.41, 5.74) is 6.91. The van der Waals surface area contributed by atoms with Crippen molar-refractivity contribution >= 4 is 11.6 Å². The van der Waals surface area contributed by atoms with Crippen LogP contribution in [0.5, 0.6) is 0 Å². The summed E-state index contributed by atoms with van der Waals surface area (Å²) < 4.78 is 6.42. The normalized spacial score (nSPS) is 23.6. The van der Waals surface area contributed by atoms with Gasteiger partial charge in [-0.2, -0.15) is 0 Å². The van der Waals surface area contributed by atoms with Gasteiger partial charge in [-0.3, -0.25) is 9.69 Å². The summed E-state index contributed by atoms with van der Waals surface area (Å²) in [6, 6.07) is 15.7. The highest BCUT2D eigenvalue weighted by Crippen LogP contribution is 2.52. The monoisotopic (exact) mass is 461 g/mol. The minimum atomic E-state index is -0.0622. The third-order valence-electron chi connectivity index (χ3n) is 8.31. The lowest BCUT2D eigenvalue weighted by molar-refractivity contribution is -0.123. The van der Waals surface area contributed by atoms with Crippen molar-refractivity contribution in [1.29, 1.82) is 0 Å². The quantitative estimate of drug-likeness (QED) is 0.684. The van der Waals surface area contributed by atoms with E-state index < -0.39 is 0 Å². The van der Waals surface area contributed by atoms with Crippen LogP contribution in [0.4, 0.5) is 5.69 Å². The van der Waals surface area contributed by atoms with E-state index in [4.69, 9.17) is 4.74 Å². The number of carbonyl (C=O) groups is 1. The Hall–Kier alpha value is -2.37. The zero-order chi connectivity index (χ0) is 23.7. The van der Waals surface area contributed by atoms with Gasteiger partial charge in [-0.25, -0.2) is 0 Å². The van der Waals surface area contributed by atoms with Crippen molar-refractivity contribution in [2.24, 2.45) is 0 Å². The maximum atomic E-state index is 12.4. The third kappa shape index (κ3) is 4.14. The molecule has 0 unspecified atom stereocenters. The molecule has 0 radical (unpaired) electrons. The number of rotatable bonds is 6. The summed E-state index contributed by atoms with van der Waals surface area (Å²) in [6.45, 7) is 8.89. The predicted octanol–water partition coefficient (Wildman–Crippen LogP) is 4.59. The second-order valence-electron chi connectivity index (χ2n) is 10.3. The van der Waals surface area contributed by atoms with E-state index in [0.29, 0.717) is 13.0 Å². The zero-order valence-corrected chi connectivity index (χ0v) is 21.0. The number of fused-ring (bicyclic) bond motifs is 3. The van der Waals surface area contributed by atoms with Gasteiger partial charge >= 0.3 is 0 Å². The van der Waals surface area contributed by atoms with Crippen LogP contribution in [0, 0.1) is 0 Å². The van der Waals surface area contributed by atoms with Crippen LogP contribution in [0.25, 0.3) is 0 Å². The molecule has 0 bridgehead atoms. The molecule has 0 aromatic heterocycles. The second-order valence-corrected chi connectivity index (χ2v) is 10.3. The van der Waals surface area contributed by atoms with E-state index in [9.17, 15) is 4.79 Å². The third-order valence-corrected chi connectivity index (χ3v) is 8.31. The van der Waals surface area contributed by atoms with Gasteiger partial charge in [-0.1, -0.05) is 43.3 Å². The highest BCUT2D eigenvalue weighted by atomic mass is 16.5. The first-order valence-corrected chi connectivity index (χ1v) is 13.1. The lowest BCUT2D eigenvalue weighted by atomic mass is 9.71. The smallest absolute Gasteiger partial charge is 0.220 e. The number of amides is 1. The zero-order valence-electron chi connectivity index (χ0n) is 21.0. The van der Waals surface area contributed by atoms with Crippen LogP contribution < -0.4 is 10.2 Å². The standard InChI is InChI=1S/C29H39N3O2/c1-4-26(33)30-27-23-10-6-7-11-24(23)29(28(27)34-5-2)14-17-32(18-15-29)20-21-12-13-25-22(19-21)9-8-16-31(25)3/h6-7,10-13,19,27-28H,4-5,8-9,14-18,20H2,1-3H3,(H,30,33)/t27-,28+/m1/s1. The summed E-state index contributed by atoms with van der Waals surface area (Å²) in [7, 11) is 2.20. The minimum absolute atomic E-state index is 0.00756. The van der Waals surface area contributed by atoms with Crippen LogP contribution in [0.2, 0.25) is 0 Å². The molecule has 1 aliphatic carbocycles. The molecule has 5 heteroatoms. The number of benzene rings is 2. The fraction of sp³-hybridized carbons (Fsp3) is 0.552. The highest BCUT2D eigenvalue weighted by Gasteiger charge is 2.54. The van der Waals surface area contributed by atoms with Gasteiger partial charge in [0.15, 0.2) is 0 Å². The van der Waals surface area contributed by atoms with E-state index in [0.717, 1.165) is 39.0 Å². The fourth-order valence-corrected chi connectivity index (χ4v) is 6.58. The first-order valence-electron chi connectivity index (χ1n) is 13.1. The van der Waals surface area contributed by atoms with Crippen molar-refractivity contribution in [3.05, 3.63) is 64.7 Å². The maximum absolute atomic E-state index is 12.4. The van der Waals surface area contributed by atoms with E-state index in [2.05, 4.69) is 71.6 Å². The topological polar surface area (TPSA) is 44.8 Å². The van der Waals surface area contributed by atoms with Crippen LogP contribution in [0.3, 0.4) is 0 Å². The van der Waals surface area contributed by atoms with Crippen LogP contribution in [0.1, 0.15) is 67.8 Å². The Morgan fingerprint density at radius 2 is 1.91 bits per heavy atom. The van der Waals surface area contributed by atoms with E-state index in [1.807, 2.05) is 6.92 Å². The SMILES string of the molecule is CCO[C@H]1[C@H](NC(=O)CC)c2ccccc2C12CCN(Cc1ccc3c(c1)CCCN3C)CC2. The number of ether oxygens (including phenoxy) is 1. The Bertz CT molecular complexity index is 1030. The van der Waals surface area contributed by atoms with Gasteiger partial charge in [0.05, 0.1) is 12.1 Å². The first kappa shape index (κ1) is 23.4. The molecule has 1 spiro atoms. The van der Waals surface area contributed by atoms with Gasteiger partial charge in [0, 0.05) is 44.3 Å². The molecule has 2 aromatic carbocycles. The van der Waals surface area contributed by atoms with Gasteiger partial charge in [0.1, 0.15) is 0 Å². The number of carbonyl (C=O) groups excluding carboxylic acids is 1. The molecule has 0 saturated carbocycles. The van der Waals surface area contributed by atoms with E-state index in [1.54, 1.807) is 0 Å². The predicted molar refractivity (Wildman–Crippen MR) is 137 cm³/mol. The maximum Gasteiger partial charge on any atom is 0.220 e. The number of hydrogen-bond donors (Lipinski definition) is 1. The van der Waals surface area contributed by atoms with Gasteiger partial charge in [0.2, 0.25) is 5.91 Å². The van der Waals surface area contributed by atoms with Crippen molar-refractivity contribution in [2.75, 3.05) is 38.2 Å². The molecule has 182 valence electrons. The number of hydrogen-bond acceptors (Lipinski definition) is 4. The van der Waals surface area contributed by atoms with Crippen molar-refractivity contribution in [1.82, 2.24) is 10.2 Å². The average Bonchev–Trinajstić information content (AvgIpc) is 3.10. The molecule has 2 aliphatic heterocycles. The molecule has 34 heavy (non-hydrogen) atoms. The molecule has 2 aromatic rings. The van der Waals surface area contributed by atoms with Crippen LogP contribution in [-0.4, -0.2) is 50.2 Å². The van der Waals surface area contributed by atoms with Crippen molar-refractivity contribution in [2.45, 2.75) is 70.1 Å². The van der Waals surface area contributed by atoms with E-state index in [-0.39, 0.29) is 23.5 Å². The number of likely N-dealkylation sites (tertiary alicyclic amines) is 1. The first-order chi connectivity index (χ1) is 16.6. The van der Waals surface area contributed by atoms with E-state index in [1.165, 1.54) is 40.8 Å². The molecule has 1 N–H and O–H groups in total. The van der Waals surface area contributed by atoms with Crippen molar-refractivity contribution in [3.63, 3.8) is 0 Å². The molecular weight excluding hydrogens is 422 g/mol. The Kier molecular flexibility index (Phi) is 6.67. The lowest BCUT2D eigenvalue weighted by Crippen LogP contribution is -2.50. The van der Waals surface area contributed by atoms with Gasteiger partial charge in [-0.15, -0.1) is 0 Å².